The molecule has 1 fully saturated rings. The summed E-state index contributed by atoms with van der Waals surface area (Å²) >= 11 is 0. The average molecular weight is 401 g/mol. The van der Waals surface area contributed by atoms with Crippen LogP contribution in [0.1, 0.15) is 85.1 Å². The molecule has 1 saturated carbocycles. The molecule has 0 spiro atoms. The maximum atomic E-state index is 14.3. The highest BCUT2D eigenvalue weighted by molar-refractivity contribution is 5.94. The largest absolute Gasteiger partial charge is 0.394 e. The van der Waals surface area contributed by atoms with E-state index in [4.69, 9.17) is 5.73 Å². The summed E-state index contributed by atoms with van der Waals surface area (Å²) in [5.74, 6) is 0.470. The van der Waals surface area contributed by atoms with Gasteiger partial charge < -0.3 is 15.4 Å². The van der Waals surface area contributed by atoms with E-state index < -0.39 is 5.54 Å². The third kappa shape index (κ3) is 4.78. The van der Waals surface area contributed by atoms with Crippen LogP contribution < -0.4 is 5.73 Å². The first-order valence-electron chi connectivity index (χ1n) is 10.6. The molecule has 29 heavy (non-hydrogen) atoms. The molecule has 2 unspecified atom stereocenters. The number of nitrogens with zero attached hydrogens (tertiary/aromatic N) is 1. The molecule has 0 radical (unpaired) electrons. The standard InChI is InChI=1S/C24H33FN2O2/c1-16(2)18-8-7-17(20(25)13-18)5-4-6-23(29)22-10-9-21(27(22)3)19-11-12-24(26,14-19)15-28/h7-10,13,16,19,28H,4-6,11-12,14-15,26H2,1-3H3. The Morgan fingerprint density at radius 3 is 2.72 bits per heavy atom. The monoisotopic (exact) mass is 400 g/mol. The lowest BCUT2D eigenvalue weighted by molar-refractivity contribution is 0.0972. The fraction of sp³-hybridized carbons (Fsp3) is 0.542. The quantitative estimate of drug-likeness (QED) is 0.643. The van der Waals surface area contributed by atoms with E-state index in [0.717, 1.165) is 30.5 Å². The second kappa shape index (κ2) is 8.80. The molecule has 1 aromatic heterocycles. The van der Waals surface area contributed by atoms with E-state index in [1.807, 2.05) is 49.7 Å². The van der Waals surface area contributed by atoms with Gasteiger partial charge in [-0.15, -0.1) is 0 Å². The van der Waals surface area contributed by atoms with E-state index in [2.05, 4.69) is 0 Å². The van der Waals surface area contributed by atoms with Gasteiger partial charge in [0.1, 0.15) is 5.82 Å². The zero-order chi connectivity index (χ0) is 21.2. The molecule has 1 heterocycles. The molecule has 3 rings (SSSR count). The van der Waals surface area contributed by atoms with Gasteiger partial charge in [-0.25, -0.2) is 4.39 Å². The van der Waals surface area contributed by atoms with Gasteiger partial charge in [0.25, 0.3) is 0 Å². The predicted molar refractivity (Wildman–Crippen MR) is 114 cm³/mol. The second-order valence-corrected chi connectivity index (χ2v) is 8.94. The minimum absolute atomic E-state index is 0.00554. The third-order valence-electron chi connectivity index (χ3n) is 6.42. The highest BCUT2D eigenvalue weighted by atomic mass is 19.1. The van der Waals surface area contributed by atoms with Crippen molar-refractivity contribution in [3.63, 3.8) is 0 Å². The third-order valence-corrected chi connectivity index (χ3v) is 6.42. The van der Waals surface area contributed by atoms with Crippen LogP contribution in [-0.2, 0) is 13.5 Å². The Labute approximate surface area is 172 Å². The number of halogens is 1. The molecule has 1 aliphatic rings. The van der Waals surface area contributed by atoms with Gasteiger partial charge in [-0.05, 0) is 67.3 Å². The zero-order valence-electron chi connectivity index (χ0n) is 17.7. The van der Waals surface area contributed by atoms with Crippen molar-refractivity contribution in [2.75, 3.05) is 6.61 Å². The lowest BCUT2D eigenvalue weighted by Crippen LogP contribution is -2.40. The van der Waals surface area contributed by atoms with E-state index in [1.54, 1.807) is 6.07 Å². The van der Waals surface area contributed by atoms with Crippen molar-refractivity contribution in [3.05, 3.63) is 58.7 Å². The van der Waals surface area contributed by atoms with Crippen molar-refractivity contribution in [3.8, 4) is 0 Å². The Kier molecular flexibility index (Phi) is 6.59. The van der Waals surface area contributed by atoms with Crippen molar-refractivity contribution in [2.45, 2.75) is 69.7 Å². The molecule has 5 heteroatoms. The number of aromatic nitrogens is 1. The van der Waals surface area contributed by atoms with E-state index in [9.17, 15) is 14.3 Å². The van der Waals surface area contributed by atoms with Gasteiger partial charge in [0.2, 0.25) is 0 Å². The Morgan fingerprint density at radius 2 is 2.10 bits per heavy atom. The number of hydrogen-bond donors (Lipinski definition) is 2. The van der Waals surface area contributed by atoms with E-state index in [-0.39, 0.29) is 24.1 Å². The van der Waals surface area contributed by atoms with Gasteiger partial charge in [-0.2, -0.15) is 0 Å². The fourth-order valence-electron chi connectivity index (χ4n) is 4.46. The van der Waals surface area contributed by atoms with Crippen LogP contribution >= 0.6 is 0 Å². The minimum atomic E-state index is -0.506. The molecule has 1 aliphatic carbocycles. The van der Waals surface area contributed by atoms with Crippen molar-refractivity contribution in [1.82, 2.24) is 4.57 Å². The van der Waals surface area contributed by atoms with Crippen molar-refractivity contribution < 1.29 is 14.3 Å². The Bertz CT molecular complexity index is 874. The maximum Gasteiger partial charge on any atom is 0.179 e. The number of carbonyl (C=O) groups is 1. The van der Waals surface area contributed by atoms with Crippen LogP contribution in [0.25, 0.3) is 0 Å². The molecule has 0 saturated heterocycles. The van der Waals surface area contributed by atoms with Gasteiger partial charge in [-0.1, -0.05) is 26.0 Å². The summed E-state index contributed by atoms with van der Waals surface area (Å²) in [6, 6.07) is 9.31. The Morgan fingerprint density at radius 1 is 1.34 bits per heavy atom. The van der Waals surface area contributed by atoms with Gasteiger partial charge in [0.15, 0.2) is 5.78 Å². The summed E-state index contributed by atoms with van der Waals surface area (Å²) in [4.78, 5) is 12.7. The average Bonchev–Trinajstić information content (AvgIpc) is 3.26. The summed E-state index contributed by atoms with van der Waals surface area (Å²) in [6.07, 6.45) is 4.03. The molecule has 2 aromatic rings. The number of nitrogens with two attached hydrogens (primary N) is 1. The Balaban J connectivity index is 1.59. The second-order valence-electron chi connectivity index (χ2n) is 8.94. The molecule has 3 N–H and O–H groups in total. The van der Waals surface area contributed by atoms with E-state index >= 15 is 0 Å². The van der Waals surface area contributed by atoms with Crippen LogP contribution in [0, 0.1) is 5.82 Å². The lowest BCUT2D eigenvalue weighted by Gasteiger charge is -2.21. The van der Waals surface area contributed by atoms with Crippen LogP contribution in [0.4, 0.5) is 4.39 Å². The smallest absolute Gasteiger partial charge is 0.179 e. The number of hydrogen-bond acceptors (Lipinski definition) is 3. The number of aliphatic hydroxyl groups excluding tert-OH is 1. The number of carbonyl (C=O) groups excluding carboxylic acids is 1. The number of rotatable bonds is 8. The van der Waals surface area contributed by atoms with Crippen LogP contribution in [0.2, 0.25) is 0 Å². The van der Waals surface area contributed by atoms with Crippen molar-refractivity contribution in [1.29, 1.82) is 0 Å². The number of Topliss-reactive ketones (excluding diaryl/α,β-unsaturated/α-hetero) is 1. The summed E-state index contributed by atoms with van der Waals surface area (Å²) in [7, 11) is 1.92. The number of aryl methyl sites for hydroxylation is 1. The minimum Gasteiger partial charge on any atom is -0.394 e. The van der Waals surface area contributed by atoms with E-state index in [0.29, 0.717) is 36.4 Å². The first kappa shape index (κ1) is 21.7. The highest BCUT2D eigenvalue weighted by Crippen LogP contribution is 2.39. The first-order chi connectivity index (χ1) is 13.7. The fourth-order valence-corrected chi connectivity index (χ4v) is 4.46. The van der Waals surface area contributed by atoms with Crippen molar-refractivity contribution in [2.24, 2.45) is 12.8 Å². The molecule has 4 nitrogen and oxygen atoms in total. The van der Waals surface area contributed by atoms with Crippen LogP contribution in [0.3, 0.4) is 0 Å². The SMILES string of the molecule is CC(C)c1ccc(CCCC(=O)c2ccc(C3CCC(N)(CO)C3)n2C)c(F)c1. The molecular formula is C24H33FN2O2. The molecule has 0 amide bonds. The summed E-state index contributed by atoms with van der Waals surface area (Å²) in [5.41, 5.74) is 9.15. The molecule has 158 valence electrons. The molecule has 0 bridgehead atoms. The number of benzene rings is 1. The number of ketones is 1. The van der Waals surface area contributed by atoms with Crippen LogP contribution in [0.5, 0.6) is 0 Å². The lowest BCUT2D eigenvalue weighted by atomic mass is 9.97. The molecule has 1 aromatic carbocycles. The summed E-state index contributed by atoms with van der Waals surface area (Å²) in [5, 5.41) is 9.49. The van der Waals surface area contributed by atoms with Gasteiger partial charge in [0.05, 0.1) is 12.3 Å². The van der Waals surface area contributed by atoms with Gasteiger partial charge in [-0.3, -0.25) is 4.79 Å². The van der Waals surface area contributed by atoms with Crippen LogP contribution in [0.15, 0.2) is 30.3 Å². The Hall–Kier alpha value is -1.98. The van der Waals surface area contributed by atoms with E-state index in [1.165, 1.54) is 0 Å². The molecular weight excluding hydrogens is 367 g/mol. The zero-order valence-corrected chi connectivity index (χ0v) is 17.7. The molecule has 0 aliphatic heterocycles. The normalized spacial score (nSPS) is 21.8. The van der Waals surface area contributed by atoms with Gasteiger partial charge >= 0.3 is 0 Å². The molecule has 2 atom stereocenters. The topological polar surface area (TPSA) is 68.2 Å². The highest BCUT2D eigenvalue weighted by Gasteiger charge is 2.37. The van der Waals surface area contributed by atoms with Crippen LogP contribution in [-0.4, -0.2) is 27.6 Å². The maximum absolute atomic E-state index is 14.3. The first-order valence-corrected chi connectivity index (χ1v) is 10.6. The summed E-state index contributed by atoms with van der Waals surface area (Å²) < 4.78 is 16.2. The predicted octanol–water partition coefficient (Wildman–Crippen LogP) is 4.45. The number of aliphatic hydroxyl groups is 1. The summed E-state index contributed by atoms with van der Waals surface area (Å²) in [6.45, 7) is 4.09. The van der Waals surface area contributed by atoms with Gasteiger partial charge in [0, 0.05) is 30.6 Å². The van der Waals surface area contributed by atoms with Crippen molar-refractivity contribution >= 4 is 5.78 Å².